The van der Waals surface area contributed by atoms with Gasteiger partial charge in [0.2, 0.25) is 10.0 Å². The summed E-state index contributed by atoms with van der Waals surface area (Å²) in [6.45, 7) is 0. The van der Waals surface area contributed by atoms with Crippen LogP contribution in [0.3, 0.4) is 0 Å². The Morgan fingerprint density at radius 3 is 2.61 bits per heavy atom. The minimum atomic E-state index is -3.54. The number of halogens is 2. The second-order valence-corrected chi connectivity index (χ2v) is 11.3. The standard InChI is InChI=1S/C24H26Cl2N2O2S/c25-21-11-5-10-19(23(21)26)24-18-9-4-8-17(18)20-14-16(12-13-22(20)27-24)31(29,30)28-15-6-2-1-3-7-15/h4-5,8,10-15,17-18,24,27-28H,1-3,6-7,9H2. The van der Waals surface area contributed by atoms with E-state index in [0.29, 0.717) is 14.9 Å². The largest absolute Gasteiger partial charge is 0.378 e. The second-order valence-electron chi connectivity index (χ2n) is 8.82. The maximum absolute atomic E-state index is 13.1. The van der Waals surface area contributed by atoms with Gasteiger partial charge in [0.15, 0.2) is 0 Å². The smallest absolute Gasteiger partial charge is 0.240 e. The van der Waals surface area contributed by atoms with Crippen LogP contribution in [0.1, 0.15) is 61.6 Å². The maximum atomic E-state index is 13.1. The molecule has 2 aliphatic carbocycles. The van der Waals surface area contributed by atoms with Crippen molar-refractivity contribution in [1.29, 1.82) is 0 Å². The SMILES string of the molecule is O=S(=O)(NC1CCCCC1)c1ccc2c(c1)C1C=CCC1C(c1cccc(Cl)c1Cl)N2. The van der Waals surface area contributed by atoms with Crippen LogP contribution in [-0.2, 0) is 10.0 Å². The third kappa shape index (κ3) is 4.02. The molecule has 2 aromatic carbocycles. The highest BCUT2D eigenvalue weighted by molar-refractivity contribution is 7.89. The Bertz CT molecular complexity index is 1130. The van der Waals surface area contributed by atoms with E-state index in [9.17, 15) is 8.42 Å². The van der Waals surface area contributed by atoms with E-state index in [2.05, 4.69) is 22.2 Å². The lowest BCUT2D eigenvalue weighted by atomic mass is 9.77. The van der Waals surface area contributed by atoms with Gasteiger partial charge < -0.3 is 5.32 Å². The lowest BCUT2D eigenvalue weighted by Gasteiger charge is -2.38. The number of hydrogen-bond acceptors (Lipinski definition) is 3. The van der Waals surface area contributed by atoms with Gasteiger partial charge in [-0.05, 0) is 60.6 Å². The highest BCUT2D eigenvalue weighted by Gasteiger charge is 2.39. The lowest BCUT2D eigenvalue weighted by molar-refractivity contribution is 0.411. The zero-order valence-corrected chi connectivity index (χ0v) is 19.5. The molecule has 1 heterocycles. The predicted octanol–water partition coefficient (Wildman–Crippen LogP) is 6.43. The average molecular weight is 477 g/mol. The van der Waals surface area contributed by atoms with Crippen LogP contribution in [0.25, 0.3) is 0 Å². The highest BCUT2D eigenvalue weighted by atomic mass is 35.5. The van der Waals surface area contributed by atoms with E-state index in [1.165, 1.54) is 6.42 Å². The lowest BCUT2D eigenvalue weighted by Crippen LogP contribution is -2.36. The Morgan fingerprint density at radius 2 is 1.81 bits per heavy atom. The molecule has 0 spiro atoms. The van der Waals surface area contributed by atoms with Gasteiger partial charge in [0.05, 0.1) is 21.0 Å². The van der Waals surface area contributed by atoms with Crippen molar-refractivity contribution in [2.24, 2.45) is 5.92 Å². The molecule has 3 unspecified atom stereocenters. The molecule has 5 rings (SSSR count). The maximum Gasteiger partial charge on any atom is 0.240 e. The van der Waals surface area contributed by atoms with Gasteiger partial charge in [-0.3, -0.25) is 0 Å². The Hall–Kier alpha value is -1.53. The molecule has 0 bridgehead atoms. The molecule has 0 radical (unpaired) electrons. The molecule has 0 saturated heterocycles. The summed E-state index contributed by atoms with van der Waals surface area (Å²) in [6, 6.07) is 11.2. The van der Waals surface area contributed by atoms with Crippen molar-refractivity contribution in [2.45, 2.75) is 61.4 Å². The average Bonchev–Trinajstić information content (AvgIpc) is 3.26. The van der Waals surface area contributed by atoms with Gasteiger partial charge in [-0.25, -0.2) is 13.1 Å². The van der Waals surface area contributed by atoms with Crippen molar-refractivity contribution in [2.75, 3.05) is 5.32 Å². The third-order valence-electron chi connectivity index (χ3n) is 6.89. The van der Waals surface area contributed by atoms with Crippen LogP contribution in [0.5, 0.6) is 0 Å². The summed E-state index contributed by atoms with van der Waals surface area (Å²) in [5, 5.41) is 4.74. The Morgan fingerprint density at radius 1 is 1.00 bits per heavy atom. The van der Waals surface area contributed by atoms with Gasteiger partial charge in [-0.2, -0.15) is 0 Å². The van der Waals surface area contributed by atoms with E-state index in [4.69, 9.17) is 23.2 Å². The normalized spacial score (nSPS) is 25.7. The van der Waals surface area contributed by atoms with Gasteiger partial charge in [0.1, 0.15) is 0 Å². The first-order valence-corrected chi connectivity index (χ1v) is 13.2. The molecule has 3 atom stereocenters. The number of fused-ring (bicyclic) bond motifs is 3. The molecule has 2 aromatic rings. The van der Waals surface area contributed by atoms with Crippen molar-refractivity contribution in [3.05, 3.63) is 69.7 Å². The number of rotatable bonds is 4. The summed E-state index contributed by atoms with van der Waals surface area (Å²) in [5.74, 6) is 0.397. The van der Waals surface area contributed by atoms with Crippen molar-refractivity contribution >= 4 is 38.9 Å². The van der Waals surface area contributed by atoms with Gasteiger partial charge >= 0.3 is 0 Å². The molecule has 1 aliphatic heterocycles. The number of sulfonamides is 1. The molecule has 1 fully saturated rings. The zero-order chi connectivity index (χ0) is 21.6. The monoisotopic (exact) mass is 476 g/mol. The summed E-state index contributed by atoms with van der Waals surface area (Å²) >= 11 is 12.8. The summed E-state index contributed by atoms with van der Waals surface area (Å²) in [7, 11) is -3.54. The van der Waals surface area contributed by atoms with Gasteiger partial charge in [-0.15, -0.1) is 0 Å². The number of nitrogens with one attached hydrogen (secondary N) is 2. The molecule has 3 aliphatic rings. The third-order valence-corrected chi connectivity index (χ3v) is 9.24. The van der Waals surface area contributed by atoms with Crippen LogP contribution < -0.4 is 10.0 Å². The van der Waals surface area contributed by atoms with E-state index < -0.39 is 10.0 Å². The number of benzene rings is 2. The summed E-state index contributed by atoms with van der Waals surface area (Å²) in [5.41, 5.74) is 2.96. The van der Waals surface area contributed by atoms with Gasteiger partial charge in [-0.1, -0.05) is 66.7 Å². The quantitative estimate of drug-likeness (QED) is 0.499. The molecule has 0 amide bonds. The first-order valence-electron chi connectivity index (χ1n) is 11.0. The van der Waals surface area contributed by atoms with Crippen molar-refractivity contribution in [3.63, 3.8) is 0 Å². The summed E-state index contributed by atoms with van der Waals surface area (Å²) in [4.78, 5) is 0.344. The summed E-state index contributed by atoms with van der Waals surface area (Å²) in [6.07, 6.45) is 10.5. The van der Waals surface area contributed by atoms with E-state index in [1.807, 2.05) is 24.3 Å². The van der Waals surface area contributed by atoms with Crippen LogP contribution in [0.15, 0.2) is 53.4 Å². The predicted molar refractivity (Wildman–Crippen MR) is 126 cm³/mol. The highest BCUT2D eigenvalue weighted by Crippen LogP contribution is 2.51. The fraction of sp³-hybridized carbons (Fsp3) is 0.417. The minimum Gasteiger partial charge on any atom is -0.378 e. The molecular formula is C24H26Cl2N2O2S. The van der Waals surface area contributed by atoms with Gasteiger partial charge in [0.25, 0.3) is 0 Å². The van der Waals surface area contributed by atoms with E-state index >= 15 is 0 Å². The van der Waals surface area contributed by atoms with E-state index in [1.54, 1.807) is 12.1 Å². The Kier molecular flexibility index (Phi) is 5.80. The fourth-order valence-electron chi connectivity index (χ4n) is 5.32. The second kappa shape index (κ2) is 8.43. The van der Waals surface area contributed by atoms with Crippen LogP contribution in [0.2, 0.25) is 10.0 Å². The van der Waals surface area contributed by atoms with Crippen molar-refractivity contribution in [1.82, 2.24) is 4.72 Å². The van der Waals surface area contributed by atoms with E-state index in [-0.39, 0.29) is 23.9 Å². The van der Waals surface area contributed by atoms with E-state index in [0.717, 1.165) is 48.9 Å². The molecule has 2 N–H and O–H groups in total. The molecule has 7 heteroatoms. The number of allylic oxidation sites excluding steroid dienone is 2. The zero-order valence-electron chi connectivity index (χ0n) is 17.2. The number of hydrogen-bond donors (Lipinski definition) is 2. The molecule has 31 heavy (non-hydrogen) atoms. The van der Waals surface area contributed by atoms with Gasteiger partial charge in [0, 0.05) is 17.6 Å². The summed E-state index contributed by atoms with van der Waals surface area (Å²) < 4.78 is 29.1. The fourth-order valence-corrected chi connectivity index (χ4v) is 7.08. The first-order chi connectivity index (χ1) is 14.9. The molecule has 1 saturated carbocycles. The van der Waals surface area contributed by atoms with Crippen LogP contribution in [0, 0.1) is 5.92 Å². The van der Waals surface area contributed by atoms with Crippen LogP contribution in [-0.4, -0.2) is 14.5 Å². The van der Waals surface area contributed by atoms with Crippen molar-refractivity contribution < 1.29 is 8.42 Å². The first kappa shape index (κ1) is 21.3. The Labute approximate surface area is 194 Å². The van der Waals surface area contributed by atoms with Crippen molar-refractivity contribution in [3.8, 4) is 0 Å². The molecule has 0 aromatic heterocycles. The molecule has 4 nitrogen and oxygen atoms in total. The Balaban J connectivity index is 1.47. The molecular weight excluding hydrogens is 451 g/mol. The van der Waals surface area contributed by atoms with Crippen LogP contribution >= 0.6 is 23.2 Å². The topological polar surface area (TPSA) is 58.2 Å². The van der Waals surface area contributed by atoms with Crippen LogP contribution in [0.4, 0.5) is 5.69 Å². The molecule has 164 valence electrons. The number of anilines is 1. The minimum absolute atomic E-state index is 0.0153.